The number of carboxylic acid groups (broad SMARTS) is 1. The molecule has 1 aromatic heterocycles. The maximum absolute atomic E-state index is 12.1. The second-order valence-corrected chi connectivity index (χ2v) is 8.64. The fourth-order valence-corrected chi connectivity index (χ4v) is 3.71. The third kappa shape index (κ3) is 6.79. The van der Waals surface area contributed by atoms with Gasteiger partial charge >= 0.3 is 5.97 Å². The zero-order valence-corrected chi connectivity index (χ0v) is 20.0. The van der Waals surface area contributed by atoms with Gasteiger partial charge in [-0.05, 0) is 66.4 Å². The fraction of sp³-hybridized carbons (Fsp3) is 0.214. The van der Waals surface area contributed by atoms with Gasteiger partial charge in [-0.2, -0.15) is 0 Å². The Balaban J connectivity index is 1.25. The quantitative estimate of drug-likeness (QED) is 0.277. The smallest absolute Gasteiger partial charge is 0.305 e. The van der Waals surface area contributed by atoms with Crippen LogP contribution in [0.15, 0.2) is 83.3 Å². The van der Waals surface area contributed by atoms with E-state index >= 15 is 0 Å². The van der Waals surface area contributed by atoms with E-state index in [0.29, 0.717) is 23.3 Å². The van der Waals surface area contributed by atoms with Crippen LogP contribution >= 0.6 is 0 Å². The largest absolute Gasteiger partial charge is 0.481 e. The molecule has 4 rings (SSSR count). The van der Waals surface area contributed by atoms with Crippen molar-refractivity contribution in [2.75, 3.05) is 18.4 Å². The second-order valence-electron chi connectivity index (χ2n) is 8.64. The van der Waals surface area contributed by atoms with Crippen LogP contribution in [-0.4, -0.2) is 40.3 Å². The van der Waals surface area contributed by atoms with Crippen LogP contribution in [0.25, 0.3) is 22.9 Å². The summed E-state index contributed by atoms with van der Waals surface area (Å²) >= 11 is 0. The number of carbonyl (C=O) groups excluding carboxylic acids is 1. The summed E-state index contributed by atoms with van der Waals surface area (Å²) in [6, 6.07) is 25.0. The van der Waals surface area contributed by atoms with Gasteiger partial charge in [-0.25, -0.2) is 0 Å². The summed E-state index contributed by atoms with van der Waals surface area (Å²) in [5, 5.41) is 23.0. The van der Waals surface area contributed by atoms with E-state index < -0.39 is 5.97 Å². The van der Waals surface area contributed by atoms with Gasteiger partial charge in [0.05, 0.1) is 6.42 Å². The number of anilines is 1. The zero-order valence-electron chi connectivity index (χ0n) is 20.0. The van der Waals surface area contributed by atoms with Crippen LogP contribution in [-0.2, 0) is 11.2 Å². The Morgan fingerprint density at radius 3 is 2.17 bits per heavy atom. The Hall–Kier alpha value is -4.46. The first-order chi connectivity index (χ1) is 17.5. The van der Waals surface area contributed by atoms with E-state index in [1.54, 1.807) is 12.1 Å². The van der Waals surface area contributed by atoms with Crippen molar-refractivity contribution in [3.8, 4) is 22.9 Å². The predicted molar refractivity (Wildman–Crippen MR) is 138 cm³/mol. The molecule has 0 aliphatic heterocycles. The third-order valence-electron chi connectivity index (χ3n) is 5.66. The summed E-state index contributed by atoms with van der Waals surface area (Å²) < 4.78 is 5.82. The minimum atomic E-state index is -0.937. The highest BCUT2D eigenvalue weighted by molar-refractivity contribution is 5.94. The Morgan fingerprint density at radius 2 is 1.53 bits per heavy atom. The number of nitrogens with zero attached hydrogens (tertiary/aromatic N) is 2. The number of aromatic nitrogens is 2. The van der Waals surface area contributed by atoms with Crippen LogP contribution in [0, 0.1) is 5.92 Å². The standard InChI is InChI=1S/C28H28N4O4/c1-19(17-20-7-9-21(10-8-20)26(35)29-16-15-25(33)34)18-30-24-13-11-23(12-14-24)28-32-31-27(36-28)22-5-3-2-4-6-22/h2-14,19,30H,15-18H2,1H3,(H,29,35)(H,33,34). The predicted octanol–water partition coefficient (Wildman–Crippen LogP) is 4.90. The molecule has 3 aromatic carbocycles. The molecule has 0 radical (unpaired) electrons. The number of hydrogen-bond acceptors (Lipinski definition) is 6. The Kier molecular flexibility index (Phi) is 8.08. The lowest BCUT2D eigenvalue weighted by Gasteiger charge is -2.14. The summed E-state index contributed by atoms with van der Waals surface area (Å²) in [7, 11) is 0. The van der Waals surface area contributed by atoms with E-state index in [-0.39, 0.29) is 18.9 Å². The van der Waals surface area contributed by atoms with Crippen molar-refractivity contribution < 1.29 is 19.1 Å². The summed E-state index contributed by atoms with van der Waals surface area (Å²) in [6.45, 7) is 3.07. The van der Waals surface area contributed by atoms with E-state index in [0.717, 1.165) is 35.3 Å². The van der Waals surface area contributed by atoms with E-state index in [1.165, 1.54) is 0 Å². The number of rotatable bonds is 11. The first-order valence-electron chi connectivity index (χ1n) is 11.8. The molecule has 4 aromatic rings. The van der Waals surface area contributed by atoms with Crippen LogP contribution in [0.2, 0.25) is 0 Å². The monoisotopic (exact) mass is 484 g/mol. The van der Waals surface area contributed by atoms with Crippen molar-refractivity contribution in [2.24, 2.45) is 5.92 Å². The number of amides is 1. The molecule has 8 heteroatoms. The van der Waals surface area contributed by atoms with Crippen molar-refractivity contribution in [3.05, 3.63) is 90.0 Å². The maximum atomic E-state index is 12.1. The molecule has 3 N–H and O–H groups in total. The zero-order chi connectivity index (χ0) is 25.3. The number of benzene rings is 3. The minimum Gasteiger partial charge on any atom is -0.481 e. The van der Waals surface area contributed by atoms with Crippen molar-refractivity contribution in [2.45, 2.75) is 19.8 Å². The molecule has 0 spiro atoms. The van der Waals surface area contributed by atoms with Crippen molar-refractivity contribution in [3.63, 3.8) is 0 Å². The van der Waals surface area contributed by atoms with Gasteiger partial charge in [-0.3, -0.25) is 9.59 Å². The van der Waals surface area contributed by atoms with Gasteiger partial charge in [0.2, 0.25) is 11.8 Å². The summed E-state index contributed by atoms with van der Waals surface area (Å²) in [5.74, 6) is 0.136. The molecular formula is C28H28N4O4. The number of hydrogen-bond donors (Lipinski definition) is 3. The second kappa shape index (κ2) is 11.8. The molecule has 0 aliphatic rings. The van der Waals surface area contributed by atoms with Crippen molar-refractivity contribution in [1.82, 2.24) is 15.5 Å². The van der Waals surface area contributed by atoms with E-state index in [2.05, 4.69) is 27.8 Å². The molecule has 1 heterocycles. The fourth-order valence-electron chi connectivity index (χ4n) is 3.71. The summed E-state index contributed by atoms with van der Waals surface area (Å²) in [4.78, 5) is 22.6. The number of nitrogens with one attached hydrogen (secondary N) is 2. The van der Waals surface area contributed by atoms with Gasteiger partial charge in [0.15, 0.2) is 0 Å². The van der Waals surface area contributed by atoms with Crippen molar-refractivity contribution >= 4 is 17.6 Å². The van der Waals surface area contributed by atoms with E-state index in [4.69, 9.17) is 9.52 Å². The highest BCUT2D eigenvalue weighted by atomic mass is 16.4. The average molecular weight is 485 g/mol. The molecule has 1 unspecified atom stereocenters. The average Bonchev–Trinajstić information content (AvgIpc) is 3.39. The molecule has 8 nitrogen and oxygen atoms in total. The molecule has 1 amide bonds. The van der Waals surface area contributed by atoms with Gasteiger partial charge < -0.3 is 20.2 Å². The number of aliphatic carboxylic acids is 1. The van der Waals surface area contributed by atoms with Crippen LogP contribution < -0.4 is 10.6 Å². The first-order valence-corrected chi connectivity index (χ1v) is 11.8. The molecule has 0 saturated carbocycles. The van der Waals surface area contributed by atoms with Crippen LogP contribution in [0.5, 0.6) is 0 Å². The lowest BCUT2D eigenvalue weighted by atomic mass is 9.99. The topological polar surface area (TPSA) is 117 Å². The van der Waals surface area contributed by atoms with Crippen LogP contribution in [0.3, 0.4) is 0 Å². The van der Waals surface area contributed by atoms with E-state index in [1.807, 2.05) is 66.7 Å². The Morgan fingerprint density at radius 1 is 0.889 bits per heavy atom. The van der Waals surface area contributed by atoms with Gasteiger partial charge in [0.25, 0.3) is 5.91 Å². The molecule has 184 valence electrons. The van der Waals surface area contributed by atoms with Gasteiger partial charge in [0.1, 0.15) is 0 Å². The molecule has 0 saturated heterocycles. The first kappa shape index (κ1) is 24.7. The molecule has 0 bridgehead atoms. The SMILES string of the molecule is CC(CNc1ccc(-c2nnc(-c3ccccc3)o2)cc1)Cc1ccc(C(=O)NCCC(=O)O)cc1. The normalized spacial score (nSPS) is 11.6. The lowest BCUT2D eigenvalue weighted by Crippen LogP contribution is -2.25. The Labute approximate surface area is 209 Å². The summed E-state index contributed by atoms with van der Waals surface area (Å²) in [5.41, 5.74) is 4.40. The lowest BCUT2D eigenvalue weighted by molar-refractivity contribution is -0.136. The maximum Gasteiger partial charge on any atom is 0.305 e. The minimum absolute atomic E-state index is 0.0940. The third-order valence-corrected chi connectivity index (χ3v) is 5.66. The summed E-state index contributed by atoms with van der Waals surface area (Å²) in [6.07, 6.45) is 0.763. The molecule has 1 atom stereocenters. The molecular weight excluding hydrogens is 456 g/mol. The van der Waals surface area contributed by atoms with Crippen LogP contribution in [0.1, 0.15) is 29.3 Å². The molecule has 0 fully saturated rings. The highest BCUT2D eigenvalue weighted by Gasteiger charge is 2.11. The van der Waals surface area contributed by atoms with Gasteiger partial charge in [-0.15, -0.1) is 10.2 Å². The molecule has 36 heavy (non-hydrogen) atoms. The molecule has 0 aliphatic carbocycles. The van der Waals surface area contributed by atoms with Gasteiger partial charge in [0, 0.05) is 35.5 Å². The number of carbonyl (C=O) groups is 2. The Bertz CT molecular complexity index is 1290. The highest BCUT2D eigenvalue weighted by Crippen LogP contribution is 2.25. The van der Waals surface area contributed by atoms with Crippen molar-refractivity contribution in [1.29, 1.82) is 0 Å². The van der Waals surface area contributed by atoms with Crippen LogP contribution in [0.4, 0.5) is 5.69 Å². The van der Waals surface area contributed by atoms with E-state index in [9.17, 15) is 9.59 Å². The van der Waals surface area contributed by atoms with Gasteiger partial charge in [-0.1, -0.05) is 37.3 Å². The number of carboxylic acids is 1.